The summed E-state index contributed by atoms with van der Waals surface area (Å²) in [4.78, 5) is 12.3. The first-order valence-corrected chi connectivity index (χ1v) is 9.04. The van der Waals surface area contributed by atoms with Gasteiger partial charge in [-0.05, 0) is 64.9 Å². The van der Waals surface area contributed by atoms with E-state index in [0.717, 1.165) is 12.8 Å². The Labute approximate surface area is 160 Å². The summed E-state index contributed by atoms with van der Waals surface area (Å²) in [6.45, 7) is 2.73. The van der Waals surface area contributed by atoms with E-state index < -0.39 is 0 Å². The summed E-state index contributed by atoms with van der Waals surface area (Å²) >= 11 is 8.52. The molecule has 0 unspecified atom stereocenters. The first kappa shape index (κ1) is 19.2. The molecule has 3 N–H and O–H groups in total. The van der Waals surface area contributed by atoms with Crippen LogP contribution in [0.15, 0.2) is 46.9 Å². The number of phenols is 1. The molecule has 132 valence electrons. The molecule has 2 rings (SSSR count). The monoisotopic (exact) mass is 422 g/mol. The molecule has 0 atom stereocenters. The van der Waals surface area contributed by atoms with E-state index in [1.165, 1.54) is 6.07 Å². The van der Waals surface area contributed by atoms with Crippen LogP contribution in [0, 0.1) is 0 Å². The summed E-state index contributed by atoms with van der Waals surface area (Å²) in [6.07, 6.45) is 2.03. The van der Waals surface area contributed by atoms with Crippen LogP contribution in [0.5, 0.6) is 11.5 Å². The summed E-state index contributed by atoms with van der Waals surface area (Å²) in [5.74, 6) is 0.393. The first-order valence-electron chi connectivity index (χ1n) is 7.84. The number of phenolic OH excluding ortho intramolecular Hbond substituents is 1. The lowest BCUT2D eigenvalue weighted by molar-refractivity contribution is 0.0977. The highest BCUT2D eigenvalue weighted by molar-refractivity contribution is 9.10. The Morgan fingerprint density at radius 1 is 1.28 bits per heavy atom. The molecule has 25 heavy (non-hydrogen) atoms. The molecule has 0 bridgehead atoms. The Kier molecular flexibility index (Phi) is 7.21. The minimum atomic E-state index is -0.353. The number of amides is 1. The molecule has 0 aliphatic carbocycles. The van der Waals surface area contributed by atoms with E-state index in [4.69, 9.17) is 17.0 Å². The lowest BCUT2D eigenvalue weighted by Gasteiger charge is -2.12. The quantitative estimate of drug-likeness (QED) is 0.364. The second-order valence-electron chi connectivity index (χ2n) is 5.27. The van der Waals surface area contributed by atoms with Crippen LogP contribution in [0.4, 0.5) is 5.69 Å². The molecule has 0 radical (unpaired) electrons. The first-order chi connectivity index (χ1) is 12.0. The van der Waals surface area contributed by atoms with Gasteiger partial charge in [0.25, 0.3) is 5.91 Å². The van der Waals surface area contributed by atoms with E-state index >= 15 is 0 Å². The fourth-order valence-electron chi connectivity index (χ4n) is 1.99. The smallest absolute Gasteiger partial charge is 0.257 e. The number of benzene rings is 2. The molecule has 0 saturated carbocycles. The zero-order valence-electron chi connectivity index (χ0n) is 13.7. The highest BCUT2D eigenvalue weighted by atomic mass is 79.9. The maximum atomic E-state index is 12.3. The Balaban J connectivity index is 1.97. The Hall–Kier alpha value is -2.12. The molecule has 2 aromatic carbocycles. The van der Waals surface area contributed by atoms with Gasteiger partial charge in [-0.15, -0.1) is 0 Å². The Morgan fingerprint density at radius 2 is 2.04 bits per heavy atom. The summed E-state index contributed by atoms with van der Waals surface area (Å²) in [6, 6.07) is 11.7. The molecule has 1 amide bonds. The van der Waals surface area contributed by atoms with Gasteiger partial charge < -0.3 is 15.2 Å². The van der Waals surface area contributed by atoms with Crippen LogP contribution in [0.3, 0.4) is 0 Å². The molecule has 7 heteroatoms. The molecule has 0 aromatic heterocycles. The maximum Gasteiger partial charge on any atom is 0.257 e. The van der Waals surface area contributed by atoms with Gasteiger partial charge in [0.1, 0.15) is 11.5 Å². The average molecular weight is 423 g/mol. The summed E-state index contributed by atoms with van der Waals surface area (Å²) in [5, 5.41) is 15.2. The topological polar surface area (TPSA) is 70.6 Å². The van der Waals surface area contributed by atoms with Gasteiger partial charge in [-0.1, -0.05) is 25.5 Å². The van der Waals surface area contributed by atoms with Crippen molar-refractivity contribution in [2.24, 2.45) is 0 Å². The minimum Gasteiger partial charge on any atom is -0.506 e. The average Bonchev–Trinajstić information content (AvgIpc) is 2.58. The van der Waals surface area contributed by atoms with Crippen LogP contribution >= 0.6 is 28.1 Å². The highest BCUT2D eigenvalue weighted by Crippen LogP contribution is 2.26. The third-order valence-electron chi connectivity index (χ3n) is 3.33. The van der Waals surface area contributed by atoms with Crippen LogP contribution in [0.2, 0.25) is 0 Å². The van der Waals surface area contributed by atoms with E-state index in [1.807, 2.05) is 0 Å². The minimum absolute atomic E-state index is 0.0513. The van der Waals surface area contributed by atoms with Crippen molar-refractivity contribution >= 4 is 44.9 Å². The van der Waals surface area contributed by atoms with Crippen LogP contribution < -0.4 is 15.4 Å². The number of ether oxygens (including phenoxy) is 1. The number of hydrogen-bond donors (Lipinski definition) is 3. The number of aromatic hydroxyl groups is 1. The van der Waals surface area contributed by atoms with Crippen molar-refractivity contribution in [3.05, 3.63) is 52.5 Å². The number of carbonyl (C=O) groups excluding carboxylic acids is 1. The molecular weight excluding hydrogens is 404 g/mol. The fourth-order valence-corrected chi connectivity index (χ4v) is 2.69. The Morgan fingerprint density at radius 3 is 2.72 bits per heavy atom. The van der Waals surface area contributed by atoms with Crippen molar-refractivity contribution in [2.75, 3.05) is 11.9 Å². The van der Waals surface area contributed by atoms with Gasteiger partial charge >= 0.3 is 0 Å². The van der Waals surface area contributed by atoms with Crippen LogP contribution in [-0.4, -0.2) is 22.7 Å². The maximum absolute atomic E-state index is 12.3. The van der Waals surface area contributed by atoms with E-state index in [2.05, 4.69) is 33.5 Å². The lowest BCUT2D eigenvalue weighted by Crippen LogP contribution is -2.34. The van der Waals surface area contributed by atoms with E-state index in [-0.39, 0.29) is 16.8 Å². The number of thiocarbonyl (C=S) groups is 1. The Bertz CT molecular complexity index is 768. The van der Waals surface area contributed by atoms with Gasteiger partial charge in [0.15, 0.2) is 5.11 Å². The van der Waals surface area contributed by atoms with Gasteiger partial charge in [-0.3, -0.25) is 10.1 Å². The van der Waals surface area contributed by atoms with Gasteiger partial charge in [-0.2, -0.15) is 0 Å². The molecule has 2 aromatic rings. The van der Waals surface area contributed by atoms with E-state index in [0.29, 0.717) is 28.1 Å². The third kappa shape index (κ3) is 5.72. The molecule has 0 aliphatic rings. The van der Waals surface area contributed by atoms with Crippen molar-refractivity contribution in [1.29, 1.82) is 0 Å². The second kappa shape index (κ2) is 9.39. The number of halogens is 1. The molecule has 5 nitrogen and oxygen atoms in total. The number of rotatable bonds is 6. The molecule has 0 aliphatic heterocycles. The molecular formula is C18H19BrN2O3S. The summed E-state index contributed by atoms with van der Waals surface area (Å²) in [7, 11) is 0. The largest absolute Gasteiger partial charge is 0.506 e. The number of anilines is 1. The SMILES string of the molecule is CCCCOc1ccc(C(=O)NC(=S)Nc2ccccc2O)cc1Br. The highest BCUT2D eigenvalue weighted by Gasteiger charge is 2.11. The number of carbonyl (C=O) groups is 1. The zero-order chi connectivity index (χ0) is 18.2. The number of hydrogen-bond acceptors (Lipinski definition) is 4. The second-order valence-corrected chi connectivity index (χ2v) is 6.54. The molecule has 0 fully saturated rings. The van der Waals surface area contributed by atoms with Crippen molar-refractivity contribution in [3.63, 3.8) is 0 Å². The van der Waals surface area contributed by atoms with Crippen molar-refractivity contribution in [2.45, 2.75) is 19.8 Å². The van der Waals surface area contributed by atoms with Crippen molar-refractivity contribution in [1.82, 2.24) is 5.32 Å². The predicted molar refractivity (Wildman–Crippen MR) is 106 cm³/mol. The number of unbranched alkanes of at least 4 members (excludes halogenated alkanes) is 1. The van der Waals surface area contributed by atoms with Gasteiger partial charge in [0.2, 0.25) is 0 Å². The summed E-state index contributed by atoms with van der Waals surface area (Å²) < 4.78 is 6.35. The lowest BCUT2D eigenvalue weighted by atomic mass is 10.2. The molecule has 0 saturated heterocycles. The van der Waals surface area contributed by atoms with Crippen LogP contribution in [-0.2, 0) is 0 Å². The summed E-state index contributed by atoms with van der Waals surface area (Å²) in [5.41, 5.74) is 0.866. The fraction of sp³-hybridized carbons (Fsp3) is 0.222. The third-order valence-corrected chi connectivity index (χ3v) is 4.15. The molecule has 0 spiro atoms. The predicted octanol–water partition coefficient (Wildman–Crippen LogP) is 4.46. The van der Waals surface area contributed by atoms with Gasteiger partial charge in [-0.25, -0.2) is 0 Å². The zero-order valence-corrected chi connectivity index (χ0v) is 16.1. The van der Waals surface area contributed by atoms with E-state index in [1.54, 1.807) is 36.4 Å². The van der Waals surface area contributed by atoms with Crippen molar-refractivity contribution in [3.8, 4) is 11.5 Å². The number of nitrogens with one attached hydrogen (secondary N) is 2. The molecule has 0 heterocycles. The van der Waals surface area contributed by atoms with Gasteiger partial charge in [0, 0.05) is 5.56 Å². The standard InChI is InChI=1S/C18H19BrN2O3S/c1-2-3-10-24-16-9-8-12(11-13(16)19)17(23)21-18(25)20-14-6-4-5-7-15(14)22/h4-9,11,22H,2-3,10H2,1H3,(H2,20,21,23,25). The van der Waals surface area contributed by atoms with E-state index in [9.17, 15) is 9.90 Å². The van der Waals surface area contributed by atoms with Crippen LogP contribution in [0.1, 0.15) is 30.1 Å². The van der Waals surface area contributed by atoms with Gasteiger partial charge in [0.05, 0.1) is 16.8 Å². The van der Waals surface area contributed by atoms with Crippen molar-refractivity contribution < 1.29 is 14.6 Å². The normalized spacial score (nSPS) is 10.2. The number of para-hydroxylation sites is 2. The van der Waals surface area contributed by atoms with Crippen LogP contribution in [0.25, 0.3) is 0 Å².